The van der Waals surface area contributed by atoms with Crippen LogP contribution >= 0.6 is 0 Å². The predicted octanol–water partition coefficient (Wildman–Crippen LogP) is 1.58. The summed E-state index contributed by atoms with van der Waals surface area (Å²) in [7, 11) is 0. The molecule has 4 heteroatoms. The van der Waals surface area contributed by atoms with Gasteiger partial charge >= 0.3 is 0 Å². The van der Waals surface area contributed by atoms with Gasteiger partial charge in [-0.1, -0.05) is 37.3 Å². The summed E-state index contributed by atoms with van der Waals surface area (Å²) in [5.74, 6) is 1.12. The van der Waals surface area contributed by atoms with Crippen LogP contribution in [-0.2, 0) is 4.79 Å². The topological polar surface area (TPSA) is 58.4 Å². The number of nitrogens with two attached hydrogens (primary N) is 1. The summed E-state index contributed by atoms with van der Waals surface area (Å²) in [6.45, 7) is 6.10. The van der Waals surface area contributed by atoms with E-state index in [1.54, 1.807) is 0 Å². The Labute approximate surface area is 127 Å². The molecular formula is C17H27N3O. The Kier molecular flexibility index (Phi) is 6.21. The SMILES string of the molecule is CC(CNC(=O)CN1CCC(CN)CC1)c1ccccc1. The maximum absolute atomic E-state index is 12.0. The van der Waals surface area contributed by atoms with Gasteiger partial charge in [-0.25, -0.2) is 0 Å². The molecule has 0 aromatic heterocycles. The van der Waals surface area contributed by atoms with Crippen LogP contribution in [0, 0.1) is 5.92 Å². The number of piperidine rings is 1. The molecule has 0 radical (unpaired) electrons. The van der Waals surface area contributed by atoms with Gasteiger partial charge in [-0.15, -0.1) is 0 Å². The van der Waals surface area contributed by atoms with E-state index in [0.717, 1.165) is 32.5 Å². The number of nitrogens with zero attached hydrogens (tertiary/aromatic N) is 1. The minimum Gasteiger partial charge on any atom is -0.354 e. The van der Waals surface area contributed by atoms with Crippen molar-refractivity contribution in [3.05, 3.63) is 35.9 Å². The summed E-state index contributed by atoms with van der Waals surface area (Å²) in [6, 6.07) is 10.3. The molecule has 3 N–H and O–H groups in total. The molecule has 21 heavy (non-hydrogen) atoms. The second kappa shape index (κ2) is 8.15. The molecule has 0 bridgehead atoms. The van der Waals surface area contributed by atoms with Crippen LogP contribution in [0.4, 0.5) is 0 Å². The van der Waals surface area contributed by atoms with Gasteiger partial charge < -0.3 is 11.1 Å². The maximum Gasteiger partial charge on any atom is 0.234 e. The Morgan fingerprint density at radius 2 is 2.00 bits per heavy atom. The summed E-state index contributed by atoms with van der Waals surface area (Å²) < 4.78 is 0. The summed E-state index contributed by atoms with van der Waals surface area (Å²) in [5.41, 5.74) is 6.95. The van der Waals surface area contributed by atoms with Crippen LogP contribution in [0.15, 0.2) is 30.3 Å². The van der Waals surface area contributed by atoms with Gasteiger partial charge in [0.1, 0.15) is 0 Å². The highest BCUT2D eigenvalue weighted by Crippen LogP contribution is 2.15. The van der Waals surface area contributed by atoms with Crippen molar-refractivity contribution in [2.45, 2.75) is 25.7 Å². The first-order valence-corrected chi connectivity index (χ1v) is 7.93. The average Bonchev–Trinajstić information content (AvgIpc) is 2.54. The minimum atomic E-state index is 0.129. The first-order chi connectivity index (χ1) is 10.2. The van der Waals surface area contributed by atoms with Crippen LogP contribution in [0.2, 0.25) is 0 Å². The lowest BCUT2D eigenvalue weighted by Gasteiger charge is -2.30. The summed E-state index contributed by atoms with van der Waals surface area (Å²) in [4.78, 5) is 14.3. The minimum absolute atomic E-state index is 0.129. The Morgan fingerprint density at radius 1 is 1.33 bits per heavy atom. The lowest BCUT2D eigenvalue weighted by molar-refractivity contribution is -0.122. The van der Waals surface area contributed by atoms with Crippen molar-refractivity contribution < 1.29 is 4.79 Å². The van der Waals surface area contributed by atoms with E-state index in [1.165, 1.54) is 5.56 Å². The van der Waals surface area contributed by atoms with Gasteiger partial charge in [0, 0.05) is 6.54 Å². The molecule has 1 unspecified atom stereocenters. The van der Waals surface area contributed by atoms with E-state index in [0.29, 0.717) is 24.9 Å². The van der Waals surface area contributed by atoms with E-state index in [-0.39, 0.29) is 5.91 Å². The Balaban J connectivity index is 1.68. The van der Waals surface area contributed by atoms with Crippen LogP contribution in [0.5, 0.6) is 0 Å². The lowest BCUT2D eigenvalue weighted by atomic mass is 9.97. The fourth-order valence-electron chi connectivity index (χ4n) is 2.81. The van der Waals surface area contributed by atoms with Crippen molar-refractivity contribution in [2.24, 2.45) is 11.7 Å². The lowest BCUT2D eigenvalue weighted by Crippen LogP contribution is -2.43. The molecular weight excluding hydrogens is 262 g/mol. The molecule has 1 atom stereocenters. The van der Waals surface area contributed by atoms with Crippen LogP contribution < -0.4 is 11.1 Å². The average molecular weight is 289 g/mol. The zero-order chi connectivity index (χ0) is 15.1. The second-order valence-electron chi connectivity index (χ2n) is 6.07. The van der Waals surface area contributed by atoms with Crippen LogP contribution in [-0.4, -0.2) is 43.5 Å². The number of nitrogens with one attached hydrogen (secondary N) is 1. The summed E-state index contributed by atoms with van der Waals surface area (Å²) in [6.07, 6.45) is 2.23. The molecule has 1 saturated heterocycles. The van der Waals surface area contributed by atoms with Crippen molar-refractivity contribution in [3.63, 3.8) is 0 Å². The first kappa shape index (κ1) is 16.0. The van der Waals surface area contributed by atoms with E-state index >= 15 is 0 Å². The highest BCUT2D eigenvalue weighted by molar-refractivity contribution is 5.78. The summed E-state index contributed by atoms with van der Waals surface area (Å²) in [5, 5.41) is 3.05. The number of hydrogen-bond acceptors (Lipinski definition) is 3. The number of likely N-dealkylation sites (tertiary alicyclic amines) is 1. The number of benzene rings is 1. The van der Waals surface area contributed by atoms with Crippen molar-refractivity contribution in [3.8, 4) is 0 Å². The van der Waals surface area contributed by atoms with Gasteiger partial charge in [0.2, 0.25) is 5.91 Å². The zero-order valence-electron chi connectivity index (χ0n) is 12.9. The largest absolute Gasteiger partial charge is 0.354 e. The van der Waals surface area contributed by atoms with Crippen LogP contribution in [0.1, 0.15) is 31.2 Å². The third kappa shape index (κ3) is 5.14. The van der Waals surface area contributed by atoms with Crippen molar-refractivity contribution >= 4 is 5.91 Å². The molecule has 0 saturated carbocycles. The van der Waals surface area contributed by atoms with E-state index < -0.39 is 0 Å². The monoisotopic (exact) mass is 289 g/mol. The summed E-state index contributed by atoms with van der Waals surface area (Å²) >= 11 is 0. The third-order valence-corrected chi connectivity index (χ3v) is 4.38. The van der Waals surface area contributed by atoms with Gasteiger partial charge in [-0.05, 0) is 49.9 Å². The molecule has 1 aromatic carbocycles. The molecule has 1 aliphatic rings. The molecule has 116 valence electrons. The quantitative estimate of drug-likeness (QED) is 0.836. The molecule has 1 aromatic rings. The molecule has 0 aliphatic carbocycles. The van der Waals surface area contributed by atoms with Crippen molar-refractivity contribution in [1.29, 1.82) is 0 Å². The molecule has 1 aliphatic heterocycles. The van der Waals surface area contributed by atoms with Crippen LogP contribution in [0.3, 0.4) is 0 Å². The number of carbonyl (C=O) groups is 1. The number of rotatable bonds is 6. The number of carbonyl (C=O) groups excluding carboxylic acids is 1. The third-order valence-electron chi connectivity index (χ3n) is 4.38. The van der Waals surface area contributed by atoms with E-state index in [4.69, 9.17) is 5.73 Å². The molecule has 2 rings (SSSR count). The van der Waals surface area contributed by atoms with E-state index in [1.807, 2.05) is 18.2 Å². The number of amides is 1. The highest BCUT2D eigenvalue weighted by Gasteiger charge is 2.19. The second-order valence-corrected chi connectivity index (χ2v) is 6.07. The Hall–Kier alpha value is -1.39. The predicted molar refractivity (Wildman–Crippen MR) is 86.1 cm³/mol. The molecule has 4 nitrogen and oxygen atoms in total. The molecule has 0 spiro atoms. The Morgan fingerprint density at radius 3 is 2.62 bits per heavy atom. The van der Waals surface area contributed by atoms with Gasteiger partial charge in [0.25, 0.3) is 0 Å². The zero-order valence-corrected chi connectivity index (χ0v) is 12.9. The maximum atomic E-state index is 12.0. The van der Waals surface area contributed by atoms with Gasteiger partial charge in [0.15, 0.2) is 0 Å². The number of hydrogen-bond donors (Lipinski definition) is 2. The highest BCUT2D eigenvalue weighted by atomic mass is 16.2. The van der Waals surface area contributed by atoms with E-state index in [9.17, 15) is 4.79 Å². The van der Waals surface area contributed by atoms with Gasteiger partial charge in [-0.3, -0.25) is 9.69 Å². The first-order valence-electron chi connectivity index (χ1n) is 7.93. The Bertz CT molecular complexity index is 427. The molecule has 1 fully saturated rings. The van der Waals surface area contributed by atoms with E-state index in [2.05, 4.69) is 29.3 Å². The van der Waals surface area contributed by atoms with Gasteiger partial charge in [-0.2, -0.15) is 0 Å². The van der Waals surface area contributed by atoms with Crippen molar-refractivity contribution in [2.75, 3.05) is 32.7 Å². The van der Waals surface area contributed by atoms with Gasteiger partial charge in [0.05, 0.1) is 6.54 Å². The molecule has 1 heterocycles. The van der Waals surface area contributed by atoms with Crippen LogP contribution in [0.25, 0.3) is 0 Å². The normalized spacial score (nSPS) is 18.4. The fraction of sp³-hybridized carbons (Fsp3) is 0.588. The standard InChI is InChI=1S/C17H27N3O/c1-14(16-5-3-2-4-6-16)12-19-17(21)13-20-9-7-15(11-18)8-10-20/h2-6,14-15H,7-13,18H2,1H3,(H,19,21). The molecule has 1 amide bonds. The van der Waals surface area contributed by atoms with Crippen molar-refractivity contribution in [1.82, 2.24) is 10.2 Å². The smallest absolute Gasteiger partial charge is 0.234 e. The fourth-order valence-corrected chi connectivity index (χ4v) is 2.81.